The van der Waals surface area contributed by atoms with Crippen molar-refractivity contribution >= 4 is 23.4 Å². The summed E-state index contributed by atoms with van der Waals surface area (Å²) in [6.45, 7) is 6.81. The van der Waals surface area contributed by atoms with Crippen molar-refractivity contribution < 1.29 is 4.79 Å². The third-order valence-electron chi connectivity index (χ3n) is 3.97. The molecule has 0 bridgehead atoms. The third kappa shape index (κ3) is 3.06. The molecule has 3 rings (SSSR count). The summed E-state index contributed by atoms with van der Waals surface area (Å²) in [6, 6.07) is 4.11. The molecule has 2 N–H and O–H groups in total. The number of rotatable bonds is 4. The standard InChI is InChI=1S/C14H20ClN5O/c1-2-16-13-4-3-11(15)12(18-13)9-19-5-6-20-10(8-19)7-17-14(20)21/h3-4,10H,2,5-9H2,1H3,(H,16,18)(H,17,21). The Hall–Kier alpha value is -1.53. The number of urea groups is 1. The Kier molecular flexibility index (Phi) is 4.17. The average molecular weight is 310 g/mol. The van der Waals surface area contributed by atoms with Gasteiger partial charge in [-0.2, -0.15) is 0 Å². The monoisotopic (exact) mass is 309 g/mol. The highest BCUT2D eigenvalue weighted by molar-refractivity contribution is 6.31. The number of carbonyl (C=O) groups excluding carboxylic acids is 1. The molecule has 114 valence electrons. The van der Waals surface area contributed by atoms with Crippen molar-refractivity contribution in [1.82, 2.24) is 20.1 Å². The van der Waals surface area contributed by atoms with Gasteiger partial charge >= 0.3 is 6.03 Å². The summed E-state index contributed by atoms with van der Waals surface area (Å²) in [6.07, 6.45) is 0. The number of halogens is 1. The number of nitrogens with one attached hydrogen (secondary N) is 2. The molecule has 0 aliphatic carbocycles. The van der Waals surface area contributed by atoms with Gasteiger partial charge in [-0.05, 0) is 19.1 Å². The van der Waals surface area contributed by atoms with Gasteiger partial charge < -0.3 is 15.5 Å². The van der Waals surface area contributed by atoms with Crippen LogP contribution in [0.1, 0.15) is 12.6 Å². The lowest BCUT2D eigenvalue weighted by Gasteiger charge is -2.36. The summed E-state index contributed by atoms with van der Waals surface area (Å²) in [5.74, 6) is 0.855. The van der Waals surface area contributed by atoms with Gasteiger partial charge in [-0.1, -0.05) is 11.6 Å². The zero-order valence-electron chi connectivity index (χ0n) is 12.1. The Labute approximate surface area is 129 Å². The van der Waals surface area contributed by atoms with Crippen LogP contribution in [0, 0.1) is 0 Å². The number of amides is 2. The van der Waals surface area contributed by atoms with E-state index in [1.54, 1.807) is 0 Å². The molecule has 0 aromatic carbocycles. The van der Waals surface area contributed by atoms with E-state index in [0.717, 1.165) is 50.8 Å². The number of piperazine rings is 1. The van der Waals surface area contributed by atoms with E-state index in [1.807, 2.05) is 24.0 Å². The summed E-state index contributed by atoms with van der Waals surface area (Å²) < 4.78 is 0. The highest BCUT2D eigenvalue weighted by Crippen LogP contribution is 2.21. The van der Waals surface area contributed by atoms with Crippen molar-refractivity contribution in [3.05, 3.63) is 22.8 Å². The lowest BCUT2D eigenvalue weighted by Crippen LogP contribution is -2.51. The molecule has 1 unspecified atom stereocenters. The fourth-order valence-corrected chi connectivity index (χ4v) is 3.06. The molecule has 7 heteroatoms. The molecule has 2 amide bonds. The van der Waals surface area contributed by atoms with Crippen molar-refractivity contribution in [1.29, 1.82) is 0 Å². The molecule has 2 saturated heterocycles. The molecule has 6 nitrogen and oxygen atoms in total. The summed E-state index contributed by atoms with van der Waals surface area (Å²) >= 11 is 6.26. The van der Waals surface area contributed by atoms with Crippen molar-refractivity contribution in [2.45, 2.75) is 19.5 Å². The van der Waals surface area contributed by atoms with Crippen LogP contribution in [0.5, 0.6) is 0 Å². The number of carbonyl (C=O) groups is 1. The molecule has 0 radical (unpaired) electrons. The molecule has 2 aliphatic rings. The summed E-state index contributed by atoms with van der Waals surface area (Å²) in [7, 11) is 0. The lowest BCUT2D eigenvalue weighted by atomic mass is 10.2. The third-order valence-corrected chi connectivity index (χ3v) is 4.31. The molecule has 1 aromatic heterocycles. The van der Waals surface area contributed by atoms with Crippen molar-refractivity contribution in [2.24, 2.45) is 0 Å². The van der Waals surface area contributed by atoms with Crippen molar-refractivity contribution in [3.8, 4) is 0 Å². The van der Waals surface area contributed by atoms with E-state index in [9.17, 15) is 4.79 Å². The van der Waals surface area contributed by atoms with Crippen molar-refractivity contribution in [3.63, 3.8) is 0 Å². The van der Waals surface area contributed by atoms with E-state index in [2.05, 4.69) is 20.5 Å². The van der Waals surface area contributed by atoms with Gasteiger partial charge in [0.15, 0.2) is 0 Å². The second-order valence-corrected chi connectivity index (χ2v) is 5.83. The molecule has 2 aliphatic heterocycles. The minimum absolute atomic E-state index is 0.0601. The fraction of sp³-hybridized carbons (Fsp3) is 0.571. The zero-order chi connectivity index (χ0) is 14.8. The minimum atomic E-state index is 0.0601. The Bertz CT molecular complexity index is 538. The topological polar surface area (TPSA) is 60.5 Å². The van der Waals surface area contributed by atoms with Crippen LogP contribution >= 0.6 is 11.6 Å². The number of pyridine rings is 1. The van der Waals surface area contributed by atoms with Gasteiger partial charge in [-0.3, -0.25) is 4.90 Å². The molecular weight excluding hydrogens is 290 g/mol. The van der Waals surface area contributed by atoms with E-state index in [-0.39, 0.29) is 12.1 Å². The van der Waals surface area contributed by atoms with E-state index in [0.29, 0.717) is 5.02 Å². The van der Waals surface area contributed by atoms with Crippen LogP contribution in [0.25, 0.3) is 0 Å². The number of anilines is 1. The molecule has 2 fully saturated rings. The van der Waals surface area contributed by atoms with Crippen LogP contribution in [-0.2, 0) is 6.54 Å². The minimum Gasteiger partial charge on any atom is -0.370 e. The first-order chi connectivity index (χ1) is 10.2. The number of nitrogens with zero attached hydrogens (tertiary/aromatic N) is 3. The predicted molar refractivity (Wildman–Crippen MR) is 82.6 cm³/mol. The summed E-state index contributed by atoms with van der Waals surface area (Å²) in [4.78, 5) is 20.4. The number of aromatic nitrogens is 1. The Morgan fingerprint density at radius 1 is 1.48 bits per heavy atom. The maximum absolute atomic E-state index is 11.6. The quantitative estimate of drug-likeness (QED) is 0.882. The molecule has 21 heavy (non-hydrogen) atoms. The molecule has 1 aromatic rings. The van der Waals surface area contributed by atoms with E-state index in [4.69, 9.17) is 11.6 Å². The molecule has 3 heterocycles. The fourth-order valence-electron chi connectivity index (χ4n) is 2.90. The highest BCUT2D eigenvalue weighted by atomic mass is 35.5. The Balaban J connectivity index is 1.67. The molecular formula is C14H20ClN5O. The zero-order valence-corrected chi connectivity index (χ0v) is 12.9. The highest BCUT2D eigenvalue weighted by Gasteiger charge is 2.35. The predicted octanol–water partition coefficient (Wildman–Crippen LogP) is 1.38. The number of hydrogen-bond donors (Lipinski definition) is 2. The van der Waals surface area contributed by atoms with Gasteiger partial charge in [-0.25, -0.2) is 9.78 Å². The SMILES string of the molecule is CCNc1ccc(Cl)c(CN2CCN3C(=O)NCC3C2)n1. The van der Waals surface area contributed by atoms with Crippen molar-refractivity contribution in [2.75, 3.05) is 38.0 Å². The smallest absolute Gasteiger partial charge is 0.317 e. The van der Waals surface area contributed by atoms with Gasteiger partial charge in [0.05, 0.1) is 16.8 Å². The van der Waals surface area contributed by atoms with Gasteiger partial charge in [0.2, 0.25) is 0 Å². The van der Waals surface area contributed by atoms with Crippen LogP contribution in [0.2, 0.25) is 5.02 Å². The maximum Gasteiger partial charge on any atom is 0.317 e. The van der Waals surface area contributed by atoms with Gasteiger partial charge in [0, 0.05) is 39.3 Å². The average Bonchev–Trinajstić information content (AvgIpc) is 2.84. The summed E-state index contributed by atoms with van der Waals surface area (Å²) in [5.41, 5.74) is 0.890. The van der Waals surface area contributed by atoms with Gasteiger partial charge in [0.25, 0.3) is 0 Å². The molecule has 1 atom stereocenters. The van der Waals surface area contributed by atoms with Crippen LogP contribution in [0.4, 0.5) is 10.6 Å². The number of fused-ring (bicyclic) bond motifs is 1. The second kappa shape index (κ2) is 6.07. The van der Waals surface area contributed by atoms with Gasteiger partial charge in [-0.15, -0.1) is 0 Å². The van der Waals surface area contributed by atoms with Crippen LogP contribution in [0.3, 0.4) is 0 Å². The first-order valence-corrected chi connectivity index (χ1v) is 7.71. The van der Waals surface area contributed by atoms with Crippen LogP contribution < -0.4 is 10.6 Å². The van der Waals surface area contributed by atoms with E-state index < -0.39 is 0 Å². The molecule has 0 spiro atoms. The van der Waals surface area contributed by atoms with Crippen LogP contribution in [-0.4, -0.2) is 59.6 Å². The van der Waals surface area contributed by atoms with E-state index in [1.165, 1.54) is 0 Å². The Morgan fingerprint density at radius 3 is 3.14 bits per heavy atom. The normalized spacial score (nSPS) is 22.1. The van der Waals surface area contributed by atoms with E-state index >= 15 is 0 Å². The first-order valence-electron chi connectivity index (χ1n) is 7.33. The first kappa shape index (κ1) is 14.4. The van der Waals surface area contributed by atoms with Gasteiger partial charge in [0.1, 0.15) is 5.82 Å². The second-order valence-electron chi connectivity index (χ2n) is 5.42. The maximum atomic E-state index is 11.6. The molecule has 0 saturated carbocycles. The summed E-state index contributed by atoms with van der Waals surface area (Å²) in [5, 5.41) is 6.79. The largest absolute Gasteiger partial charge is 0.370 e. The van der Waals surface area contributed by atoms with Crippen LogP contribution in [0.15, 0.2) is 12.1 Å². The lowest BCUT2D eigenvalue weighted by molar-refractivity contribution is 0.116. The number of hydrogen-bond acceptors (Lipinski definition) is 4. The Morgan fingerprint density at radius 2 is 2.33 bits per heavy atom.